The van der Waals surface area contributed by atoms with E-state index in [2.05, 4.69) is 15.0 Å². The van der Waals surface area contributed by atoms with Crippen LogP contribution in [-0.2, 0) is 0 Å². The zero-order chi connectivity index (χ0) is 13.0. The SMILES string of the molecule is O=C(CC(=O)c1ncccn1)c1cncc(F)c1. The van der Waals surface area contributed by atoms with Crippen LogP contribution in [0.25, 0.3) is 0 Å². The molecule has 0 radical (unpaired) electrons. The van der Waals surface area contributed by atoms with Crippen LogP contribution in [0.5, 0.6) is 0 Å². The van der Waals surface area contributed by atoms with Gasteiger partial charge in [-0.15, -0.1) is 0 Å². The van der Waals surface area contributed by atoms with Crippen LogP contribution in [0.1, 0.15) is 27.4 Å². The number of ketones is 2. The maximum atomic E-state index is 12.9. The monoisotopic (exact) mass is 245 g/mol. The van der Waals surface area contributed by atoms with Gasteiger partial charge in [-0.25, -0.2) is 14.4 Å². The summed E-state index contributed by atoms with van der Waals surface area (Å²) < 4.78 is 12.9. The third kappa shape index (κ3) is 2.79. The molecule has 90 valence electrons. The van der Waals surface area contributed by atoms with Crippen LogP contribution in [0.4, 0.5) is 4.39 Å². The van der Waals surface area contributed by atoms with Gasteiger partial charge in [0.25, 0.3) is 0 Å². The van der Waals surface area contributed by atoms with Crippen LogP contribution in [0.2, 0.25) is 0 Å². The highest BCUT2D eigenvalue weighted by atomic mass is 19.1. The highest BCUT2D eigenvalue weighted by molar-refractivity contribution is 6.12. The summed E-state index contributed by atoms with van der Waals surface area (Å²) in [7, 11) is 0. The van der Waals surface area contributed by atoms with Crippen LogP contribution in [-0.4, -0.2) is 26.5 Å². The Morgan fingerprint density at radius 1 is 1.11 bits per heavy atom. The molecule has 0 atom stereocenters. The Kier molecular flexibility index (Phi) is 3.47. The molecule has 0 amide bonds. The molecule has 6 heteroatoms. The maximum absolute atomic E-state index is 12.9. The van der Waals surface area contributed by atoms with Gasteiger partial charge in [-0.1, -0.05) is 0 Å². The molecule has 2 heterocycles. The molecule has 0 aliphatic carbocycles. The van der Waals surface area contributed by atoms with Crippen molar-refractivity contribution in [1.82, 2.24) is 15.0 Å². The van der Waals surface area contributed by atoms with Gasteiger partial charge in [-0.2, -0.15) is 0 Å². The Hall–Kier alpha value is -2.50. The van der Waals surface area contributed by atoms with Gasteiger partial charge in [-0.3, -0.25) is 14.6 Å². The summed E-state index contributed by atoms with van der Waals surface area (Å²) in [5.41, 5.74) is 0.0549. The molecule has 5 nitrogen and oxygen atoms in total. The van der Waals surface area contributed by atoms with E-state index in [0.717, 1.165) is 12.3 Å². The highest BCUT2D eigenvalue weighted by Gasteiger charge is 2.16. The van der Waals surface area contributed by atoms with E-state index in [1.165, 1.54) is 18.6 Å². The van der Waals surface area contributed by atoms with Crippen LogP contribution in [0.15, 0.2) is 36.9 Å². The molecular weight excluding hydrogens is 237 g/mol. The summed E-state index contributed by atoms with van der Waals surface area (Å²) in [6, 6.07) is 2.60. The van der Waals surface area contributed by atoms with Gasteiger partial charge in [0.15, 0.2) is 11.6 Å². The van der Waals surface area contributed by atoms with E-state index in [1.54, 1.807) is 6.07 Å². The number of halogens is 1. The van der Waals surface area contributed by atoms with E-state index < -0.39 is 23.8 Å². The molecule has 0 saturated heterocycles. The van der Waals surface area contributed by atoms with E-state index in [1.807, 2.05) is 0 Å². The van der Waals surface area contributed by atoms with Gasteiger partial charge in [-0.05, 0) is 12.1 Å². The van der Waals surface area contributed by atoms with Crippen LogP contribution >= 0.6 is 0 Å². The molecule has 2 aromatic rings. The van der Waals surface area contributed by atoms with Crippen molar-refractivity contribution in [3.63, 3.8) is 0 Å². The Balaban J connectivity index is 2.11. The first-order valence-electron chi connectivity index (χ1n) is 5.11. The largest absolute Gasteiger partial charge is 0.294 e. The lowest BCUT2D eigenvalue weighted by Gasteiger charge is -1.99. The zero-order valence-corrected chi connectivity index (χ0v) is 9.21. The summed E-state index contributed by atoms with van der Waals surface area (Å²) in [6.45, 7) is 0. The molecular formula is C12H8FN3O2. The molecule has 0 fully saturated rings. The van der Waals surface area contributed by atoms with E-state index in [-0.39, 0.29) is 11.4 Å². The predicted molar refractivity (Wildman–Crippen MR) is 59.5 cm³/mol. The molecule has 0 aromatic carbocycles. The Labute approximate surface area is 102 Å². The molecule has 0 unspecified atom stereocenters. The molecule has 0 N–H and O–H groups in total. The molecule has 0 bridgehead atoms. The fourth-order valence-electron chi connectivity index (χ4n) is 1.33. The Morgan fingerprint density at radius 3 is 2.50 bits per heavy atom. The third-order valence-corrected chi connectivity index (χ3v) is 2.16. The maximum Gasteiger partial charge on any atom is 0.207 e. The number of aromatic nitrogens is 3. The second-order valence-corrected chi connectivity index (χ2v) is 3.49. The van der Waals surface area contributed by atoms with Crippen LogP contribution in [0.3, 0.4) is 0 Å². The molecule has 0 aliphatic heterocycles. The van der Waals surface area contributed by atoms with Crippen molar-refractivity contribution in [3.05, 3.63) is 54.1 Å². The van der Waals surface area contributed by atoms with Crippen molar-refractivity contribution in [2.45, 2.75) is 6.42 Å². The minimum Gasteiger partial charge on any atom is -0.294 e. The Morgan fingerprint density at radius 2 is 1.83 bits per heavy atom. The van der Waals surface area contributed by atoms with Crippen molar-refractivity contribution in [1.29, 1.82) is 0 Å². The molecule has 0 spiro atoms. The number of carbonyl (C=O) groups excluding carboxylic acids is 2. The average molecular weight is 245 g/mol. The molecule has 0 aliphatic rings. The highest BCUT2D eigenvalue weighted by Crippen LogP contribution is 2.06. The topological polar surface area (TPSA) is 72.8 Å². The fraction of sp³-hybridized carbons (Fsp3) is 0.0833. The van der Waals surface area contributed by atoms with Gasteiger partial charge >= 0.3 is 0 Å². The first-order chi connectivity index (χ1) is 8.66. The van der Waals surface area contributed by atoms with Gasteiger partial charge in [0.1, 0.15) is 5.82 Å². The molecule has 2 rings (SSSR count). The number of rotatable bonds is 4. The summed E-state index contributed by atoms with van der Waals surface area (Å²) >= 11 is 0. The lowest BCUT2D eigenvalue weighted by molar-refractivity contribution is 0.0888. The van der Waals surface area contributed by atoms with Gasteiger partial charge in [0.2, 0.25) is 5.78 Å². The smallest absolute Gasteiger partial charge is 0.207 e. The van der Waals surface area contributed by atoms with Crippen LogP contribution in [0, 0.1) is 5.82 Å². The number of hydrogen-bond acceptors (Lipinski definition) is 5. The summed E-state index contributed by atoms with van der Waals surface area (Å²) in [5.74, 6) is -1.68. The predicted octanol–water partition coefficient (Wildman–Crippen LogP) is 1.47. The number of hydrogen-bond donors (Lipinski definition) is 0. The van der Waals surface area contributed by atoms with E-state index in [0.29, 0.717) is 0 Å². The summed E-state index contributed by atoms with van der Waals surface area (Å²) in [6.07, 6.45) is 4.61. The first kappa shape index (κ1) is 12.0. The molecule has 2 aromatic heterocycles. The number of carbonyl (C=O) groups is 2. The van der Waals surface area contributed by atoms with Gasteiger partial charge in [0.05, 0.1) is 12.6 Å². The van der Waals surface area contributed by atoms with Crippen molar-refractivity contribution >= 4 is 11.6 Å². The fourth-order valence-corrected chi connectivity index (χ4v) is 1.33. The number of Topliss-reactive ketones (excluding diaryl/α,β-unsaturated/α-hetero) is 2. The van der Waals surface area contributed by atoms with Gasteiger partial charge < -0.3 is 0 Å². The van der Waals surface area contributed by atoms with Crippen molar-refractivity contribution in [2.24, 2.45) is 0 Å². The lowest BCUT2D eigenvalue weighted by Crippen LogP contribution is -2.11. The van der Waals surface area contributed by atoms with E-state index >= 15 is 0 Å². The van der Waals surface area contributed by atoms with E-state index in [4.69, 9.17) is 0 Å². The standard InChI is InChI=1S/C12H8FN3O2/c13-9-4-8(6-14-7-9)10(17)5-11(18)12-15-2-1-3-16-12/h1-4,6-7H,5H2. The van der Waals surface area contributed by atoms with Crippen molar-refractivity contribution in [3.8, 4) is 0 Å². The average Bonchev–Trinajstić information content (AvgIpc) is 2.39. The zero-order valence-electron chi connectivity index (χ0n) is 9.21. The minimum atomic E-state index is -0.621. The summed E-state index contributed by atoms with van der Waals surface area (Å²) in [4.78, 5) is 34.4. The molecule has 18 heavy (non-hydrogen) atoms. The number of pyridine rings is 1. The third-order valence-electron chi connectivity index (χ3n) is 2.16. The van der Waals surface area contributed by atoms with E-state index in [9.17, 15) is 14.0 Å². The number of nitrogens with zero attached hydrogens (tertiary/aromatic N) is 3. The Bertz CT molecular complexity index is 587. The van der Waals surface area contributed by atoms with Gasteiger partial charge in [0, 0.05) is 24.2 Å². The normalized spacial score (nSPS) is 10.1. The summed E-state index contributed by atoms with van der Waals surface area (Å²) in [5, 5.41) is 0. The second kappa shape index (κ2) is 5.22. The lowest BCUT2D eigenvalue weighted by atomic mass is 10.1. The van der Waals surface area contributed by atoms with Crippen molar-refractivity contribution < 1.29 is 14.0 Å². The first-order valence-corrected chi connectivity index (χ1v) is 5.11. The quantitative estimate of drug-likeness (QED) is 0.602. The van der Waals surface area contributed by atoms with Crippen molar-refractivity contribution in [2.75, 3.05) is 0 Å². The second-order valence-electron chi connectivity index (χ2n) is 3.49. The molecule has 0 saturated carbocycles. The van der Waals surface area contributed by atoms with Crippen LogP contribution < -0.4 is 0 Å². The minimum absolute atomic E-state index is 0.0322.